The fourth-order valence-electron chi connectivity index (χ4n) is 4.44. The molecule has 0 unspecified atom stereocenters. The molecule has 3 aromatic carbocycles. The van der Waals surface area contributed by atoms with Crippen LogP contribution >= 0.6 is 45.2 Å². The third kappa shape index (κ3) is 9.01. The fraction of sp³-hybridized carbons (Fsp3) is 0.250. The van der Waals surface area contributed by atoms with E-state index in [2.05, 4.69) is 72.4 Å². The molecular formula is C32H31I2N5O7. The zero-order chi connectivity index (χ0) is 33.2. The number of rotatable bonds is 13. The average Bonchev–Trinajstić information content (AvgIpc) is 3.03. The predicted octanol–water partition coefficient (Wildman–Crippen LogP) is 4.87. The first-order chi connectivity index (χ1) is 22.1. The van der Waals surface area contributed by atoms with Gasteiger partial charge in [0.1, 0.15) is 19.0 Å². The Labute approximate surface area is 293 Å². The summed E-state index contributed by atoms with van der Waals surface area (Å²) in [5.74, 6) is 0.902. The third-order valence-corrected chi connectivity index (χ3v) is 8.20. The first-order valence-electron chi connectivity index (χ1n) is 14.0. The lowest BCUT2D eigenvalue weighted by Gasteiger charge is -2.28. The maximum Gasteiger partial charge on any atom is 0.337 e. The van der Waals surface area contributed by atoms with Gasteiger partial charge in [-0.3, -0.25) is 5.43 Å². The average molecular weight is 851 g/mol. The fourth-order valence-corrected chi connectivity index (χ4v) is 6.57. The molecular weight excluding hydrogens is 820 g/mol. The summed E-state index contributed by atoms with van der Waals surface area (Å²) in [7, 11) is 1.27. The number of halogens is 2. The Morgan fingerprint density at radius 1 is 1.11 bits per heavy atom. The van der Waals surface area contributed by atoms with E-state index in [9.17, 15) is 14.7 Å². The number of benzene rings is 3. The molecule has 0 radical (unpaired) electrons. The number of amides is 2. The molecule has 1 aliphatic heterocycles. The SMILES string of the molecule is CCOc1cc([C@@H]2NC(=O)NC(C)=C2C(=O)OC)ccc1OC[C@H](O)N/N=C/c1cc(I)c(OCc2ccc(C#N)cc2)c(I)c1. The standard InChI is InChI=1S/C32H31I2N5O7/c1-4-44-26-13-22(29-28(31(41)43-3)18(2)37-32(42)38-29)9-10-25(26)45-17-27(40)39-36-15-21-11-23(33)30(24(34)12-21)46-16-20-7-5-19(14-35)6-8-20/h5-13,15,27,29,39-40H,4,16-17H2,1-3H3,(H2,37,38,42)/b36-15+/t27-,29-/m0/s1. The molecule has 12 nitrogen and oxygen atoms in total. The monoisotopic (exact) mass is 851 g/mol. The van der Waals surface area contributed by atoms with Crippen molar-refractivity contribution < 1.29 is 33.6 Å². The molecule has 1 heterocycles. The molecule has 2 atom stereocenters. The number of methoxy groups -OCH3 is 1. The van der Waals surface area contributed by atoms with Crippen molar-refractivity contribution in [2.24, 2.45) is 5.10 Å². The molecule has 0 fully saturated rings. The summed E-state index contributed by atoms with van der Waals surface area (Å²) in [6.07, 6.45) is 0.443. The number of aliphatic hydroxyl groups is 1. The number of urea groups is 1. The summed E-state index contributed by atoms with van der Waals surface area (Å²) in [5, 5.41) is 28.9. The van der Waals surface area contributed by atoms with Gasteiger partial charge in [-0.2, -0.15) is 10.4 Å². The Bertz CT molecular complexity index is 1670. The number of hydrazone groups is 1. The van der Waals surface area contributed by atoms with Crippen molar-refractivity contribution in [1.29, 1.82) is 5.26 Å². The topological polar surface area (TPSA) is 164 Å². The van der Waals surface area contributed by atoms with E-state index in [1.54, 1.807) is 43.5 Å². The molecule has 0 saturated heterocycles. The number of hydrogen-bond donors (Lipinski definition) is 4. The van der Waals surface area contributed by atoms with Crippen LogP contribution in [0.15, 0.2) is 71.0 Å². The highest BCUT2D eigenvalue weighted by atomic mass is 127. The molecule has 3 aromatic rings. The van der Waals surface area contributed by atoms with Gasteiger partial charge in [-0.15, -0.1) is 0 Å². The Morgan fingerprint density at radius 2 is 1.83 bits per heavy atom. The molecule has 2 amide bonds. The summed E-state index contributed by atoms with van der Waals surface area (Å²) >= 11 is 4.40. The maximum atomic E-state index is 12.5. The van der Waals surface area contributed by atoms with Gasteiger partial charge in [-0.1, -0.05) is 18.2 Å². The van der Waals surface area contributed by atoms with Gasteiger partial charge in [0.2, 0.25) is 0 Å². The predicted molar refractivity (Wildman–Crippen MR) is 186 cm³/mol. The number of hydrogen-bond acceptors (Lipinski definition) is 10. The second kappa shape index (κ2) is 16.5. The number of nitrogens with zero attached hydrogens (tertiary/aromatic N) is 2. The summed E-state index contributed by atoms with van der Waals surface area (Å²) in [6, 6.07) is 17.0. The van der Waals surface area contributed by atoms with Crippen LogP contribution in [0.3, 0.4) is 0 Å². The van der Waals surface area contributed by atoms with E-state index in [0.717, 1.165) is 24.0 Å². The van der Waals surface area contributed by atoms with Crippen LogP contribution in [0.5, 0.6) is 17.2 Å². The van der Waals surface area contributed by atoms with Gasteiger partial charge < -0.3 is 34.7 Å². The van der Waals surface area contributed by atoms with Crippen LogP contribution in [-0.4, -0.2) is 49.9 Å². The first-order valence-corrected chi connectivity index (χ1v) is 16.1. The molecule has 1 aliphatic rings. The Kier molecular flexibility index (Phi) is 12.5. The number of allylic oxidation sites excluding steroid dienone is 1. The van der Waals surface area contributed by atoms with Crippen LogP contribution < -0.4 is 30.3 Å². The number of carbonyl (C=O) groups is 2. The quantitative estimate of drug-likeness (QED) is 0.0619. The van der Waals surface area contributed by atoms with Gasteiger partial charge in [0.05, 0.1) is 50.3 Å². The van der Waals surface area contributed by atoms with Crippen molar-refractivity contribution in [3.05, 3.63) is 95.3 Å². The largest absolute Gasteiger partial charge is 0.490 e. The number of esters is 1. The van der Waals surface area contributed by atoms with Gasteiger partial charge in [0.25, 0.3) is 0 Å². The highest BCUT2D eigenvalue weighted by molar-refractivity contribution is 14.1. The smallest absolute Gasteiger partial charge is 0.337 e. The lowest BCUT2D eigenvalue weighted by atomic mass is 9.95. The van der Waals surface area contributed by atoms with E-state index in [-0.39, 0.29) is 12.2 Å². The Balaban J connectivity index is 1.36. The van der Waals surface area contributed by atoms with Gasteiger partial charge in [0.15, 0.2) is 17.7 Å². The number of nitriles is 1. The van der Waals surface area contributed by atoms with Crippen molar-refractivity contribution in [2.45, 2.75) is 32.7 Å². The Hall–Kier alpha value is -4.08. The summed E-state index contributed by atoms with van der Waals surface area (Å²) < 4.78 is 24.3. The normalized spacial score (nSPS) is 15.0. The number of nitrogens with one attached hydrogen (secondary N) is 3. The van der Waals surface area contributed by atoms with Crippen molar-refractivity contribution >= 4 is 63.4 Å². The Morgan fingerprint density at radius 3 is 2.48 bits per heavy atom. The van der Waals surface area contributed by atoms with Crippen molar-refractivity contribution in [1.82, 2.24) is 16.1 Å². The minimum Gasteiger partial charge on any atom is -0.490 e. The summed E-state index contributed by atoms with van der Waals surface area (Å²) in [4.78, 5) is 24.6. The molecule has 240 valence electrons. The molecule has 46 heavy (non-hydrogen) atoms. The molecule has 0 bridgehead atoms. The zero-order valence-electron chi connectivity index (χ0n) is 25.1. The van der Waals surface area contributed by atoms with Crippen LogP contribution in [0.4, 0.5) is 4.79 Å². The van der Waals surface area contributed by atoms with E-state index >= 15 is 0 Å². The van der Waals surface area contributed by atoms with Crippen molar-refractivity contribution in [3.63, 3.8) is 0 Å². The molecule has 0 spiro atoms. The molecule has 4 N–H and O–H groups in total. The van der Waals surface area contributed by atoms with Gasteiger partial charge in [-0.25, -0.2) is 9.59 Å². The molecule has 14 heteroatoms. The van der Waals surface area contributed by atoms with Crippen LogP contribution in [-0.2, 0) is 16.1 Å². The summed E-state index contributed by atoms with van der Waals surface area (Å²) in [5.41, 5.74) is 6.25. The van der Waals surface area contributed by atoms with Crippen LogP contribution in [0, 0.1) is 18.5 Å². The van der Waals surface area contributed by atoms with Crippen LogP contribution in [0.25, 0.3) is 0 Å². The lowest BCUT2D eigenvalue weighted by Crippen LogP contribution is -2.45. The first kappa shape index (κ1) is 34.8. The number of carbonyl (C=O) groups excluding carboxylic acids is 2. The highest BCUT2D eigenvalue weighted by Crippen LogP contribution is 2.35. The zero-order valence-corrected chi connectivity index (χ0v) is 29.4. The van der Waals surface area contributed by atoms with Crippen LogP contribution in [0.1, 0.15) is 42.1 Å². The highest BCUT2D eigenvalue weighted by Gasteiger charge is 2.32. The summed E-state index contributed by atoms with van der Waals surface area (Å²) in [6.45, 7) is 3.99. The minimum atomic E-state index is -1.14. The molecule has 4 rings (SSSR count). The molecule has 0 aliphatic carbocycles. The second-order valence-corrected chi connectivity index (χ2v) is 12.2. The maximum absolute atomic E-state index is 12.5. The number of aliphatic hydroxyl groups excluding tert-OH is 1. The van der Waals surface area contributed by atoms with E-state index in [4.69, 9.17) is 24.2 Å². The van der Waals surface area contributed by atoms with E-state index in [0.29, 0.717) is 41.5 Å². The molecule has 0 aromatic heterocycles. The lowest BCUT2D eigenvalue weighted by molar-refractivity contribution is -0.136. The number of ether oxygens (including phenoxy) is 4. The molecule has 0 saturated carbocycles. The van der Waals surface area contributed by atoms with Crippen LogP contribution in [0.2, 0.25) is 0 Å². The van der Waals surface area contributed by atoms with E-state index in [1.807, 2.05) is 31.2 Å². The minimum absolute atomic E-state index is 0.148. The third-order valence-electron chi connectivity index (χ3n) is 6.60. The van der Waals surface area contributed by atoms with E-state index in [1.165, 1.54) is 7.11 Å². The second-order valence-electron chi connectivity index (χ2n) is 9.83. The van der Waals surface area contributed by atoms with Crippen molar-refractivity contribution in [3.8, 4) is 23.3 Å². The van der Waals surface area contributed by atoms with Crippen molar-refractivity contribution in [2.75, 3.05) is 20.3 Å². The van der Waals surface area contributed by atoms with Gasteiger partial charge in [0, 0.05) is 5.70 Å². The van der Waals surface area contributed by atoms with Gasteiger partial charge in [-0.05, 0) is 112 Å². The van der Waals surface area contributed by atoms with Gasteiger partial charge >= 0.3 is 12.0 Å². The van der Waals surface area contributed by atoms with E-state index < -0.39 is 24.3 Å².